The molecule has 0 fully saturated rings. The van der Waals surface area contributed by atoms with Gasteiger partial charge in [0.25, 0.3) is 0 Å². The minimum Gasteiger partial charge on any atom is -0.481 e. The zero-order valence-electron chi connectivity index (χ0n) is 17.0. The van der Waals surface area contributed by atoms with Crippen molar-refractivity contribution in [3.05, 3.63) is 41.6 Å². The molecule has 1 aromatic carbocycles. The Kier molecular flexibility index (Phi) is 6.29. The second-order valence-corrected chi connectivity index (χ2v) is 12.1. The number of unbranched alkanes of at least 4 members (excludes halogenated alkanes) is 2. The fraction of sp³-hybridized carbons (Fsp3) is 0.409. The van der Waals surface area contributed by atoms with Crippen molar-refractivity contribution in [3.63, 3.8) is 0 Å². The molecule has 0 bridgehead atoms. The standard InChI is InChI=1S/C22H29N3O2Si/c1-4-23-16-9-11-18-20(14-16)28(2,3)21-15-17(10-12-19(21)25-18)24-13-7-5-6-8-22(26)27/h9-12,14-15,23H,4-8,13H2,1-3H3,(H,26,27). The lowest BCUT2D eigenvalue weighted by atomic mass is 10.1. The predicted octanol–water partition coefficient (Wildman–Crippen LogP) is 4.24. The van der Waals surface area contributed by atoms with Gasteiger partial charge in [0.1, 0.15) is 8.07 Å². The van der Waals surface area contributed by atoms with Crippen LogP contribution in [-0.4, -0.2) is 43.7 Å². The molecule has 0 spiro atoms. The number of aliphatic carboxylic acids is 1. The van der Waals surface area contributed by atoms with Crippen molar-refractivity contribution in [1.29, 1.82) is 0 Å². The van der Waals surface area contributed by atoms with Gasteiger partial charge in [-0.1, -0.05) is 19.5 Å². The fourth-order valence-electron chi connectivity index (χ4n) is 3.72. The van der Waals surface area contributed by atoms with Crippen LogP contribution in [0.25, 0.3) is 0 Å². The van der Waals surface area contributed by atoms with Crippen molar-refractivity contribution < 1.29 is 9.90 Å². The Bertz CT molecular complexity index is 882. The Labute approximate surface area is 168 Å². The van der Waals surface area contributed by atoms with E-state index in [9.17, 15) is 4.79 Å². The van der Waals surface area contributed by atoms with Gasteiger partial charge in [0.15, 0.2) is 0 Å². The first-order chi connectivity index (χ1) is 13.4. The third-order valence-corrected chi connectivity index (χ3v) is 8.78. The van der Waals surface area contributed by atoms with E-state index in [1.807, 2.05) is 6.08 Å². The van der Waals surface area contributed by atoms with Crippen LogP contribution in [0.15, 0.2) is 51.6 Å². The first-order valence-corrected chi connectivity index (χ1v) is 13.1. The summed E-state index contributed by atoms with van der Waals surface area (Å²) >= 11 is 0. The number of hydrogen-bond acceptors (Lipinski definition) is 4. The first-order valence-electron chi connectivity index (χ1n) is 10.1. The molecule has 28 heavy (non-hydrogen) atoms. The minimum absolute atomic E-state index is 0.244. The van der Waals surface area contributed by atoms with Crippen LogP contribution in [0.4, 0.5) is 11.4 Å². The third-order valence-electron chi connectivity index (χ3n) is 5.29. The average Bonchev–Trinajstić information content (AvgIpc) is 2.66. The average molecular weight is 396 g/mol. The Morgan fingerprint density at radius 3 is 2.79 bits per heavy atom. The Morgan fingerprint density at radius 2 is 2.04 bits per heavy atom. The lowest BCUT2D eigenvalue weighted by Crippen LogP contribution is -2.49. The third kappa shape index (κ3) is 4.50. The molecule has 2 aliphatic rings. The predicted molar refractivity (Wildman–Crippen MR) is 120 cm³/mol. The van der Waals surface area contributed by atoms with Gasteiger partial charge in [0.2, 0.25) is 0 Å². The van der Waals surface area contributed by atoms with Crippen molar-refractivity contribution in [1.82, 2.24) is 0 Å². The highest BCUT2D eigenvalue weighted by atomic mass is 28.3. The normalized spacial score (nSPS) is 18.2. The summed E-state index contributed by atoms with van der Waals surface area (Å²) in [5, 5.41) is 14.8. The summed E-state index contributed by atoms with van der Waals surface area (Å²) in [5.74, 6) is -0.722. The maximum atomic E-state index is 10.6. The monoisotopic (exact) mass is 395 g/mol. The number of nitrogens with zero attached hydrogens (tertiary/aromatic N) is 2. The summed E-state index contributed by atoms with van der Waals surface area (Å²) in [6.45, 7) is 8.51. The molecular weight excluding hydrogens is 366 g/mol. The SMILES string of the molecule is CCNc1ccc2c(c1)[Si](C)(C)C1=CC(=NCCCCCC(=O)O)C=CC1=N2. The van der Waals surface area contributed by atoms with Crippen LogP contribution in [-0.2, 0) is 4.79 Å². The van der Waals surface area contributed by atoms with Crippen LogP contribution in [0.5, 0.6) is 0 Å². The molecule has 148 valence electrons. The number of hydrogen-bond donors (Lipinski definition) is 2. The maximum Gasteiger partial charge on any atom is 0.303 e. The molecule has 0 unspecified atom stereocenters. The topological polar surface area (TPSA) is 74.0 Å². The van der Waals surface area contributed by atoms with Crippen molar-refractivity contribution in [2.24, 2.45) is 9.98 Å². The fourth-order valence-corrected chi connectivity index (χ4v) is 6.59. The summed E-state index contributed by atoms with van der Waals surface area (Å²) < 4.78 is 0. The van der Waals surface area contributed by atoms with Gasteiger partial charge in [-0.2, -0.15) is 0 Å². The first kappa shape index (κ1) is 20.3. The van der Waals surface area contributed by atoms with Crippen molar-refractivity contribution in [2.75, 3.05) is 18.4 Å². The summed E-state index contributed by atoms with van der Waals surface area (Å²) in [7, 11) is -1.86. The quantitative estimate of drug-likeness (QED) is 0.393. The molecule has 6 heteroatoms. The van der Waals surface area contributed by atoms with Gasteiger partial charge in [0, 0.05) is 25.2 Å². The van der Waals surface area contributed by atoms with Gasteiger partial charge in [-0.15, -0.1) is 0 Å². The molecule has 5 nitrogen and oxygen atoms in total. The van der Waals surface area contributed by atoms with Crippen LogP contribution in [0.2, 0.25) is 13.1 Å². The highest BCUT2D eigenvalue weighted by Gasteiger charge is 2.37. The van der Waals surface area contributed by atoms with Gasteiger partial charge in [-0.25, -0.2) is 4.99 Å². The van der Waals surface area contributed by atoms with Gasteiger partial charge in [-0.3, -0.25) is 9.79 Å². The molecule has 0 atom stereocenters. The van der Waals surface area contributed by atoms with E-state index in [0.717, 1.165) is 55.2 Å². The molecule has 1 aliphatic carbocycles. The molecule has 2 N–H and O–H groups in total. The zero-order valence-corrected chi connectivity index (χ0v) is 18.0. The number of carboxylic acid groups (broad SMARTS) is 1. The van der Waals surface area contributed by atoms with E-state index in [1.165, 1.54) is 10.4 Å². The lowest BCUT2D eigenvalue weighted by Gasteiger charge is -2.33. The number of allylic oxidation sites excluding steroid dienone is 4. The highest BCUT2D eigenvalue weighted by Crippen LogP contribution is 2.31. The van der Waals surface area contributed by atoms with Crippen LogP contribution in [0.1, 0.15) is 32.6 Å². The van der Waals surface area contributed by atoms with Crippen LogP contribution in [0, 0.1) is 0 Å². The lowest BCUT2D eigenvalue weighted by molar-refractivity contribution is -0.137. The number of benzene rings is 1. The molecule has 0 saturated carbocycles. The number of carboxylic acids is 1. The smallest absolute Gasteiger partial charge is 0.303 e. The number of aliphatic imine (C=N–C) groups is 2. The minimum atomic E-state index is -1.86. The van der Waals surface area contributed by atoms with Crippen LogP contribution in [0.3, 0.4) is 0 Å². The Balaban J connectivity index is 1.76. The van der Waals surface area contributed by atoms with Gasteiger partial charge in [0.05, 0.1) is 17.1 Å². The molecule has 0 amide bonds. The summed E-state index contributed by atoms with van der Waals surface area (Å²) in [4.78, 5) is 20.2. The van der Waals surface area contributed by atoms with Gasteiger partial charge >= 0.3 is 5.97 Å². The molecule has 1 heterocycles. The van der Waals surface area contributed by atoms with E-state index >= 15 is 0 Å². The highest BCUT2D eigenvalue weighted by molar-refractivity contribution is 7.01. The summed E-state index contributed by atoms with van der Waals surface area (Å²) in [5.41, 5.74) is 4.32. The van der Waals surface area contributed by atoms with E-state index in [4.69, 9.17) is 15.1 Å². The van der Waals surface area contributed by atoms with E-state index in [2.05, 4.69) is 55.7 Å². The summed E-state index contributed by atoms with van der Waals surface area (Å²) in [6.07, 6.45) is 9.14. The Morgan fingerprint density at radius 1 is 1.21 bits per heavy atom. The molecule has 0 aromatic heterocycles. The van der Waals surface area contributed by atoms with E-state index < -0.39 is 14.0 Å². The number of fused-ring (bicyclic) bond motifs is 2. The molecule has 0 radical (unpaired) electrons. The largest absolute Gasteiger partial charge is 0.481 e. The van der Waals surface area contributed by atoms with Gasteiger partial charge < -0.3 is 10.4 Å². The second-order valence-electron chi connectivity index (χ2n) is 7.79. The summed E-state index contributed by atoms with van der Waals surface area (Å²) in [6, 6.07) is 6.50. The van der Waals surface area contributed by atoms with Crippen LogP contribution < -0.4 is 10.5 Å². The van der Waals surface area contributed by atoms with Crippen molar-refractivity contribution in [2.45, 2.75) is 45.7 Å². The zero-order chi connectivity index (χ0) is 20.1. The van der Waals surface area contributed by atoms with Gasteiger partial charge in [-0.05, 0) is 66.6 Å². The van der Waals surface area contributed by atoms with E-state index in [1.54, 1.807) is 0 Å². The molecule has 3 rings (SSSR count). The molecule has 1 aliphatic heterocycles. The van der Waals surface area contributed by atoms with E-state index in [-0.39, 0.29) is 6.42 Å². The van der Waals surface area contributed by atoms with Crippen molar-refractivity contribution >= 4 is 42.0 Å². The second kappa shape index (κ2) is 8.69. The maximum absolute atomic E-state index is 10.6. The molecule has 0 saturated heterocycles. The number of carbonyl (C=O) groups is 1. The number of rotatable bonds is 8. The van der Waals surface area contributed by atoms with Crippen LogP contribution >= 0.6 is 0 Å². The number of anilines is 1. The molecule has 1 aromatic rings. The molecular formula is C22H29N3O2Si. The number of nitrogens with one attached hydrogen (secondary N) is 1. The Hall–Kier alpha value is -2.47. The van der Waals surface area contributed by atoms with Crippen molar-refractivity contribution in [3.8, 4) is 0 Å². The van der Waals surface area contributed by atoms with E-state index in [0.29, 0.717) is 0 Å².